The van der Waals surface area contributed by atoms with E-state index in [-0.39, 0.29) is 5.91 Å². The number of nitrogens with zero attached hydrogens (tertiary/aromatic N) is 2. The second-order valence-corrected chi connectivity index (χ2v) is 4.21. The Morgan fingerprint density at radius 2 is 2.24 bits per heavy atom. The molecule has 4 heteroatoms. The van der Waals surface area contributed by atoms with Gasteiger partial charge in [0, 0.05) is 31.4 Å². The molecule has 0 aliphatic carbocycles. The average Bonchev–Trinajstić information content (AvgIpc) is 2.74. The lowest BCUT2D eigenvalue weighted by Gasteiger charge is -2.11. The lowest BCUT2D eigenvalue weighted by Crippen LogP contribution is -2.27. The first-order valence-corrected chi connectivity index (χ1v) is 6.10. The summed E-state index contributed by atoms with van der Waals surface area (Å²) in [4.78, 5) is 11.5. The molecule has 4 nitrogen and oxygen atoms in total. The fourth-order valence-electron chi connectivity index (χ4n) is 1.58. The maximum absolute atomic E-state index is 11.5. The smallest absolute Gasteiger partial charge is 0.244 e. The molecule has 1 rings (SSSR count). The minimum Gasteiger partial charge on any atom is -0.352 e. The zero-order valence-electron chi connectivity index (χ0n) is 10.8. The minimum absolute atomic E-state index is 0.0410. The van der Waals surface area contributed by atoms with E-state index in [1.165, 1.54) is 0 Å². The summed E-state index contributed by atoms with van der Waals surface area (Å²) in [6.45, 7) is 5.04. The Bertz CT molecular complexity index is 378. The molecule has 17 heavy (non-hydrogen) atoms. The number of hydrogen-bond donors (Lipinski definition) is 1. The van der Waals surface area contributed by atoms with Crippen LogP contribution in [0.2, 0.25) is 0 Å². The molecule has 1 amide bonds. The van der Waals surface area contributed by atoms with E-state index in [2.05, 4.69) is 24.3 Å². The Morgan fingerprint density at radius 3 is 2.76 bits per heavy atom. The van der Waals surface area contributed by atoms with Gasteiger partial charge in [-0.2, -0.15) is 5.10 Å². The zero-order chi connectivity index (χ0) is 12.7. The van der Waals surface area contributed by atoms with Crippen LogP contribution in [0.4, 0.5) is 0 Å². The maximum atomic E-state index is 11.5. The van der Waals surface area contributed by atoms with Crippen molar-refractivity contribution < 1.29 is 4.79 Å². The SMILES string of the molecule is CCC(CC)CNC(=O)/C=C/c1cnn(C)c1. The van der Waals surface area contributed by atoms with E-state index in [9.17, 15) is 4.79 Å². The van der Waals surface area contributed by atoms with Gasteiger partial charge in [-0.25, -0.2) is 0 Å². The summed E-state index contributed by atoms with van der Waals surface area (Å²) in [6.07, 6.45) is 9.12. The number of rotatable bonds is 6. The molecule has 0 fully saturated rings. The van der Waals surface area contributed by atoms with E-state index in [1.807, 2.05) is 13.2 Å². The average molecular weight is 235 g/mol. The van der Waals surface area contributed by atoms with Gasteiger partial charge in [0.15, 0.2) is 0 Å². The Morgan fingerprint density at radius 1 is 1.53 bits per heavy atom. The van der Waals surface area contributed by atoms with Crippen LogP contribution in [0.3, 0.4) is 0 Å². The van der Waals surface area contributed by atoms with Crippen LogP contribution in [0.25, 0.3) is 6.08 Å². The molecule has 0 radical (unpaired) electrons. The number of hydrogen-bond acceptors (Lipinski definition) is 2. The van der Waals surface area contributed by atoms with Crippen LogP contribution in [0.1, 0.15) is 32.3 Å². The van der Waals surface area contributed by atoms with E-state index in [0.29, 0.717) is 5.92 Å². The Labute approximate surface area is 103 Å². The first-order chi connectivity index (χ1) is 8.15. The Hall–Kier alpha value is -1.58. The molecule has 94 valence electrons. The van der Waals surface area contributed by atoms with Crippen molar-refractivity contribution in [1.82, 2.24) is 15.1 Å². The van der Waals surface area contributed by atoms with Crippen LogP contribution < -0.4 is 5.32 Å². The molecule has 0 bridgehead atoms. The summed E-state index contributed by atoms with van der Waals surface area (Å²) >= 11 is 0. The lowest BCUT2D eigenvalue weighted by molar-refractivity contribution is -0.116. The summed E-state index contributed by atoms with van der Waals surface area (Å²) < 4.78 is 1.71. The summed E-state index contributed by atoms with van der Waals surface area (Å²) in [6, 6.07) is 0. The van der Waals surface area contributed by atoms with Crippen LogP contribution >= 0.6 is 0 Å². The number of aromatic nitrogens is 2. The molecule has 1 aromatic heterocycles. The summed E-state index contributed by atoms with van der Waals surface area (Å²) in [5, 5.41) is 6.94. The van der Waals surface area contributed by atoms with Crippen LogP contribution in [0.15, 0.2) is 18.5 Å². The quantitative estimate of drug-likeness (QED) is 0.766. The van der Waals surface area contributed by atoms with Crippen molar-refractivity contribution in [1.29, 1.82) is 0 Å². The van der Waals surface area contributed by atoms with E-state index in [0.717, 1.165) is 24.9 Å². The lowest BCUT2D eigenvalue weighted by atomic mass is 10.0. The van der Waals surface area contributed by atoms with E-state index in [1.54, 1.807) is 23.0 Å². The molecular formula is C13H21N3O. The molecule has 1 aromatic rings. The third-order valence-electron chi connectivity index (χ3n) is 2.87. The van der Waals surface area contributed by atoms with Crippen molar-refractivity contribution >= 4 is 12.0 Å². The molecule has 0 aliphatic rings. The van der Waals surface area contributed by atoms with Crippen molar-refractivity contribution in [3.63, 3.8) is 0 Å². The zero-order valence-corrected chi connectivity index (χ0v) is 10.8. The molecule has 0 unspecified atom stereocenters. The highest BCUT2D eigenvalue weighted by Crippen LogP contribution is 2.05. The highest BCUT2D eigenvalue weighted by Gasteiger charge is 2.04. The number of carbonyl (C=O) groups excluding carboxylic acids is 1. The van der Waals surface area contributed by atoms with Gasteiger partial charge in [0.25, 0.3) is 0 Å². The fourth-order valence-corrected chi connectivity index (χ4v) is 1.58. The largest absolute Gasteiger partial charge is 0.352 e. The molecule has 0 saturated carbocycles. The van der Waals surface area contributed by atoms with E-state index < -0.39 is 0 Å². The van der Waals surface area contributed by atoms with E-state index >= 15 is 0 Å². The van der Waals surface area contributed by atoms with Gasteiger partial charge in [0.05, 0.1) is 6.20 Å². The number of carbonyl (C=O) groups is 1. The highest BCUT2D eigenvalue weighted by atomic mass is 16.1. The first-order valence-electron chi connectivity index (χ1n) is 6.10. The minimum atomic E-state index is -0.0410. The van der Waals surface area contributed by atoms with Crippen LogP contribution in [0, 0.1) is 5.92 Å². The van der Waals surface area contributed by atoms with Gasteiger partial charge in [-0.05, 0) is 12.0 Å². The van der Waals surface area contributed by atoms with Crippen LogP contribution in [-0.2, 0) is 11.8 Å². The second-order valence-electron chi connectivity index (χ2n) is 4.21. The number of aryl methyl sites for hydroxylation is 1. The van der Waals surface area contributed by atoms with Crippen LogP contribution in [-0.4, -0.2) is 22.2 Å². The second kappa shape index (κ2) is 6.89. The predicted octanol–water partition coefficient (Wildman–Crippen LogP) is 1.99. The van der Waals surface area contributed by atoms with Gasteiger partial charge in [-0.15, -0.1) is 0 Å². The van der Waals surface area contributed by atoms with E-state index in [4.69, 9.17) is 0 Å². The standard InChI is InChI=1S/C13H21N3O/c1-4-11(5-2)8-14-13(17)7-6-12-9-15-16(3)10-12/h6-7,9-11H,4-5,8H2,1-3H3,(H,14,17)/b7-6+. The van der Waals surface area contributed by atoms with Crippen molar-refractivity contribution in [2.24, 2.45) is 13.0 Å². The molecule has 1 N–H and O–H groups in total. The van der Waals surface area contributed by atoms with Gasteiger partial charge in [-0.3, -0.25) is 9.48 Å². The van der Waals surface area contributed by atoms with Gasteiger partial charge in [-0.1, -0.05) is 26.7 Å². The fraction of sp³-hybridized carbons (Fsp3) is 0.538. The van der Waals surface area contributed by atoms with Crippen LogP contribution in [0.5, 0.6) is 0 Å². The van der Waals surface area contributed by atoms with Gasteiger partial charge in [0.2, 0.25) is 5.91 Å². The van der Waals surface area contributed by atoms with Crippen molar-refractivity contribution in [3.05, 3.63) is 24.0 Å². The topological polar surface area (TPSA) is 46.9 Å². The van der Waals surface area contributed by atoms with Crippen molar-refractivity contribution in [3.8, 4) is 0 Å². The molecule has 0 saturated heterocycles. The molecular weight excluding hydrogens is 214 g/mol. The summed E-state index contributed by atoms with van der Waals surface area (Å²) in [5.74, 6) is 0.534. The summed E-state index contributed by atoms with van der Waals surface area (Å²) in [7, 11) is 1.85. The van der Waals surface area contributed by atoms with Crippen molar-refractivity contribution in [2.45, 2.75) is 26.7 Å². The van der Waals surface area contributed by atoms with Gasteiger partial charge >= 0.3 is 0 Å². The molecule has 0 atom stereocenters. The third kappa shape index (κ3) is 4.85. The highest BCUT2D eigenvalue weighted by molar-refractivity contribution is 5.91. The maximum Gasteiger partial charge on any atom is 0.244 e. The summed E-state index contributed by atoms with van der Waals surface area (Å²) in [5.41, 5.74) is 0.935. The Balaban J connectivity index is 2.36. The molecule has 1 heterocycles. The van der Waals surface area contributed by atoms with Crippen molar-refractivity contribution in [2.75, 3.05) is 6.54 Å². The normalized spacial score (nSPS) is 11.3. The predicted molar refractivity (Wildman–Crippen MR) is 69.3 cm³/mol. The molecule has 0 spiro atoms. The Kier molecular flexibility index (Phi) is 5.46. The first kappa shape index (κ1) is 13.5. The third-order valence-corrected chi connectivity index (χ3v) is 2.87. The molecule has 0 aromatic carbocycles. The number of amides is 1. The number of nitrogens with one attached hydrogen (secondary N) is 1. The van der Waals surface area contributed by atoms with Gasteiger partial charge in [0.1, 0.15) is 0 Å². The van der Waals surface area contributed by atoms with Gasteiger partial charge < -0.3 is 5.32 Å². The molecule has 0 aliphatic heterocycles. The monoisotopic (exact) mass is 235 g/mol.